The highest BCUT2D eigenvalue weighted by molar-refractivity contribution is 4.73. The molecule has 0 aliphatic carbocycles. The summed E-state index contributed by atoms with van der Waals surface area (Å²) in [6.45, 7) is 19.7. The second kappa shape index (κ2) is 37.3. The Bertz CT molecular complexity index is 115. The third-order valence-electron chi connectivity index (χ3n) is 2.83. The molecule has 0 spiro atoms. The van der Waals surface area contributed by atoms with Gasteiger partial charge in [-0.1, -0.05) is 93.4 Å². The first-order chi connectivity index (χ1) is 10.4. The van der Waals surface area contributed by atoms with Crippen LogP contribution in [0.15, 0.2) is 0 Å². The highest BCUT2D eigenvalue weighted by Crippen LogP contribution is 2.10. The minimum Gasteiger partial charge on any atom is -0.333 e. The fourth-order valence-electron chi connectivity index (χ4n) is 0.744. The average Bonchev–Trinajstić information content (AvgIpc) is 2.56. The number of hydrogen-bond donors (Lipinski definition) is 2. The molecule has 0 aliphatic heterocycles. The zero-order valence-corrected chi connectivity index (χ0v) is 18.2. The van der Waals surface area contributed by atoms with E-state index < -0.39 is 0 Å². The third kappa shape index (κ3) is 72.5. The van der Waals surface area contributed by atoms with Crippen LogP contribution in [0.4, 0.5) is 0 Å². The molecular weight excluding hydrogens is 268 g/mol. The van der Waals surface area contributed by atoms with Crippen molar-refractivity contribution in [1.82, 2.24) is 5.32 Å². The second-order valence-corrected chi connectivity index (χ2v) is 5.94. The lowest BCUT2D eigenvalue weighted by Gasteiger charge is -2.23. The standard InChI is InChI=1S/C8H19N.2C4H10.C3H8.CH5N/c1-5-6-7-8(2,3)9-4;2*1-3-4-2;1-3-2;1-2/h9H,5-7H2,1-4H3;2*3-4H2,1-2H3;3H2,1-2H3;2H2,1H3. The molecule has 0 aromatic rings. The molecule has 0 saturated carbocycles. The molecule has 0 heterocycles. The van der Waals surface area contributed by atoms with Gasteiger partial charge in [0, 0.05) is 5.54 Å². The van der Waals surface area contributed by atoms with Crippen LogP contribution in [0.5, 0.6) is 0 Å². The van der Waals surface area contributed by atoms with Crippen molar-refractivity contribution in [1.29, 1.82) is 0 Å². The summed E-state index contributed by atoms with van der Waals surface area (Å²) in [5.41, 5.74) is 4.84. The van der Waals surface area contributed by atoms with Gasteiger partial charge >= 0.3 is 0 Å². The average molecular weight is 321 g/mol. The summed E-state index contributed by atoms with van der Waals surface area (Å²) in [6, 6.07) is 0. The Labute approximate surface area is 145 Å². The maximum Gasteiger partial charge on any atom is 0.0122 e. The first kappa shape index (κ1) is 33.5. The van der Waals surface area contributed by atoms with Crippen LogP contribution in [0.2, 0.25) is 0 Å². The Kier molecular flexibility index (Phi) is 56.8. The van der Waals surface area contributed by atoms with E-state index in [1.165, 1.54) is 58.4 Å². The molecule has 0 saturated heterocycles. The van der Waals surface area contributed by atoms with E-state index in [1.54, 1.807) is 0 Å². The third-order valence-corrected chi connectivity index (χ3v) is 2.83. The van der Waals surface area contributed by atoms with Crippen LogP contribution in [0.1, 0.15) is 114 Å². The molecule has 22 heavy (non-hydrogen) atoms. The lowest BCUT2D eigenvalue weighted by atomic mass is 9.98. The summed E-state index contributed by atoms with van der Waals surface area (Å²) in [6.07, 6.45) is 10.4. The van der Waals surface area contributed by atoms with E-state index in [1.807, 2.05) is 7.05 Å². The molecule has 0 aromatic carbocycles. The maximum atomic E-state index is 4.50. The van der Waals surface area contributed by atoms with Gasteiger partial charge in [-0.25, -0.2) is 0 Å². The minimum absolute atomic E-state index is 0.343. The Morgan fingerprint density at radius 1 is 0.682 bits per heavy atom. The summed E-state index contributed by atoms with van der Waals surface area (Å²) >= 11 is 0. The minimum atomic E-state index is 0.343. The second-order valence-electron chi connectivity index (χ2n) is 5.94. The van der Waals surface area contributed by atoms with Crippen molar-refractivity contribution in [2.75, 3.05) is 14.1 Å². The first-order valence-electron chi connectivity index (χ1n) is 9.63. The van der Waals surface area contributed by atoms with Crippen LogP contribution in [0.3, 0.4) is 0 Å². The van der Waals surface area contributed by atoms with E-state index in [0.717, 1.165) is 0 Å². The van der Waals surface area contributed by atoms with Gasteiger partial charge in [-0.05, 0) is 34.4 Å². The van der Waals surface area contributed by atoms with Gasteiger partial charge in [0.05, 0.1) is 0 Å². The van der Waals surface area contributed by atoms with E-state index in [2.05, 4.69) is 73.4 Å². The highest BCUT2D eigenvalue weighted by Gasteiger charge is 2.12. The molecule has 0 atom stereocenters. The van der Waals surface area contributed by atoms with Crippen molar-refractivity contribution in [2.45, 2.75) is 119 Å². The number of rotatable bonds is 6. The molecule has 0 rings (SSSR count). The molecule has 0 amide bonds. The van der Waals surface area contributed by atoms with Crippen molar-refractivity contribution in [3.8, 4) is 0 Å². The van der Waals surface area contributed by atoms with Crippen LogP contribution in [0, 0.1) is 0 Å². The molecular formula is C20H52N2. The molecule has 0 radical (unpaired) electrons. The zero-order valence-electron chi connectivity index (χ0n) is 18.2. The molecule has 2 heteroatoms. The van der Waals surface area contributed by atoms with Gasteiger partial charge in [-0.2, -0.15) is 0 Å². The molecule has 3 N–H and O–H groups in total. The fourth-order valence-corrected chi connectivity index (χ4v) is 0.744. The highest BCUT2D eigenvalue weighted by atomic mass is 14.9. The van der Waals surface area contributed by atoms with Gasteiger partial charge < -0.3 is 11.1 Å². The Hall–Kier alpha value is -0.0800. The van der Waals surface area contributed by atoms with Gasteiger partial charge in [-0.3, -0.25) is 0 Å². The summed E-state index contributed by atoms with van der Waals surface area (Å²) in [4.78, 5) is 0. The smallest absolute Gasteiger partial charge is 0.0122 e. The fraction of sp³-hybridized carbons (Fsp3) is 1.00. The summed E-state index contributed by atoms with van der Waals surface area (Å²) in [5.74, 6) is 0. The maximum absolute atomic E-state index is 4.50. The van der Waals surface area contributed by atoms with Crippen LogP contribution in [-0.2, 0) is 0 Å². The summed E-state index contributed by atoms with van der Waals surface area (Å²) in [7, 11) is 3.52. The van der Waals surface area contributed by atoms with Crippen LogP contribution in [0.25, 0.3) is 0 Å². The lowest BCUT2D eigenvalue weighted by molar-refractivity contribution is 0.380. The molecule has 0 aromatic heterocycles. The summed E-state index contributed by atoms with van der Waals surface area (Å²) in [5, 5.41) is 3.28. The van der Waals surface area contributed by atoms with Crippen LogP contribution in [-0.4, -0.2) is 19.6 Å². The predicted octanol–water partition coefficient (Wildman–Crippen LogP) is 6.78. The Morgan fingerprint density at radius 2 is 0.955 bits per heavy atom. The predicted molar refractivity (Wildman–Crippen MR) is 110 cm³/mol. The van der Waals surface area contributed by atoms with E-state index in [4.69, 9.17) is 0 Å². The van der Waals surface area contributed by atoms with E-state index in [0.29, 0.717) is 5.54 Å². The van der Waals surface area contributed by atoms with Crippen LogP contribution < -0.4 is 11.1 Å². The topological polar surface area (TPSA) is 38.0 Å². The zero-order chi connectivity index (χ0) is 18.9. The molecule has 0 fully saturated rings. The Balaban J connectivity index is -0.0000000626. The SMILES string of the molecule is CCC.CCCC.CCCC.CCCCC(C)(C)NC.CN. The summed E-state index contributed by atoms with van der Waals surface area (Å²) < 4.78 is 0. The van der Waals surface area contributed by atoms with E-state index >= 15 is 0 Å². The number of unbranched alkanes of at least 4 members (excludes halogenated alkanes) is 3. The number of hydrogen-bond acceptors (Lipinski definition) is 2. The first-order valence-corrected chi connectivity index (χ1v) is 9.63. The van der Waals surface area contributed by atoms with E-state index in [9.17, 15) is 0 Å². The van der Waals surface area contributed by atoms with Gasteiger partial charge in [0.1, 0.15) is 0 Å². The molecule has 0 bridgehead atoms. The Morgan fingerprint density at radius 3 is 1.09 bits per heavy atom. The van der Waals surface area contributed by atoms with Crippen molar-refractivity contribution in [2.24, 2.45) is 5.73 Å². The lowest BCUT2D eigenvalue weighted by Crippen LogP contribution is -2.35. The quantitative estimate of drug-likeness (QED) is 0.566. The molecule has 2 nitrogen and oxygen atoms in total. The molecule has 142 valence electrons. The van der Waals surface area contributed by atoms with Crippen molar-refractivity contribution in [3.63, 3.8) is 0 Å². The number of nitrogens with one attached hydrogen (secondary N) is 1. The van der Waals surface area contributed by atoms with Crippen molar-refractivity contribution >= 4 is 0 Å². The van der Waals surface area contributed by atoms with Gasteiger partial charge in [-0.15, -0.1) is 0 Å². The number of nitrogens with two attached hydrogens (primary N) is 1. The monoisotopic (exact) mass is 320 g/mol. The van der Waals surface area contributed by atoms with Crippen molar-refractivity contribution < 1.29 is 0 Å². The van der Waals surface area contributed by atoms with Gasteiger partial charge in [0.2, 0.25) is 0 Å². The molecule has 0 aliphatic rings. The largest absolute Gasteiger partial charge is 0.333 e. The van der Waals surface area contributed by atoms with E-state index in [-0.39, 0.29) is 0 Å². The van der Waals surface area contributed by atoms with Crippen molar-refractivity contribution in [3.05, 3.63) is 0 Å². The van der Waals surface area contributed by atoms with Crippen LogP contribution >= 0.6 is 0 Å². The molecule has 0 unspecified atom stereocenters. The van der Waals surface area contributed by atoms with Gasteiger partial charge in [0.25, 0.3) is 0 Å². The normalized spacial score (nSPS) is 8.73. The van der Waals surface area contributed by atoms with Gasteiger partial charge in [0.15, 0.2) is 0 Å².